The van der Waals surface area contributed by atoms with Crippen LogP contribution in [0.3, 0.4) is 0 Å². The number of benzene rings is 1. The summed E-state index contributed by atoms with van der Waals surface area (Å²) in [7, 11) is 0. The number of aromatic hydroxyl groups is 1. The van der Waals surface area contributed by atoms with E-state index < -0.39 is 21.3 Å². The summed E-state index contributed by atoms with van der Waals surface area (Å²) in [6.45, 7) is 1.28. The summed E-state index contributed by atoms with van der Waals surface area (Å²) in [6, 6.07) is 3.55. The molecule has 0 heterocycles. The Labute approximate surface area is 89.9 Å². The van der Waals surface area contributed by atoms with Crippen LogP contribution in [0.2, 0.25) is 0 Å². The van der Waals surface area contributed by atoms with E-state index in [4.69, 9.17) is 5.11 Å². The molecule has 0 atom stereocenters. The van der Waals surface area contributed by atoms with E-state index in [1.54, 1.807) is 0 Å². The van der Waals surface area contributed by atoms with Crippen molar-refractivity contribution >= 4 is 11.8 Å². The monoisotopic (exact) mass is 224 g/mol. The van der Waals surface area contributed by atoms with Gasteiger partial charge < -0.3 is 5.11 Å². The van der Waals surface area contributed by atoms with E-state index in [0.29, 0.717) is 5.56 Å². The third-order valence-corrected chi connectivity index (χ3v) is 1.86. The SMILES string of the molecule is CC(=Cc1ccc(O)c([N+](=O)[O-])c1)[N+](=O)[O-]. The smallest absolute Gasteiger partial charge is 0.311 e. The minimum absolute atomic E-state index is 0.139. The molecular formula is C9H8N2O5. The summed E-state index contributed by atoms with van der Waals surface area (Å²) in [4.78, 5) is 19.5. The molecule has 84 valence electrons. The lowest BCUT2D eigenvalue weighted by molar-refractivity contribution is -0.422. The molecular weight excluding hydrogens is 216 g/mol. The summed E-state index contributed by atoms with van der Waals surface area (Å²) in [5.41, 5.74) is -0.330. The Hall–Kier alpha value is -2.44. The molecule has 0 saturated carbocycles. The van der Waals surface area contributed by atoms with Crippen molar-refractivity contribution in [3.05, 3.63) is 49.7 Å². The molecule has 0 aliphatic heterocycles. The van der Waals surface area contributed by atoms with Gasteiger partial charge in [0.05, 0.1) is 9.85 Å². The first-order valence-corrected chi connectivity index (χ1v) is 4.22. The van der Waals surface area contributed by atoms with Crippen LogP contribution in [0.15, 0.2) is 23.9 Å². The van der Waals surface area contributed by atoms with Gasteiger partial charge in [-0.3, -0.25) is 20.2 Å². The fourth-order valence-corrected chi connectivity index (χ4v) is 1.07. The molecule has 1 aromatic carbocycles. The number of hydrogen-bond acceptors (Lipinski definition) is 5. The standard InChI is InChI=1S/C9H8N2O5/c1-6(10(13)14)4-7-2-3-9(12)8(5-7)11(15)16/h2-5,12H,1H3. The second-order valence-electron chi connectivity index (χ2n) is 3.05. The number of phenols is 1. The highest BCUT2D eigenvalue weighted by atomic mass is 16.6. The Bertz CT molecular complexity index is 481. The van der Waals surface area contributed by atoms with Gasteiger partial charge in [0.15, 0.2) is 5.75 Å². The van der Waals surface area contributed by atoms with E-state index in [0.717, 1.165) is 12.1 Å². The van der Waals surface area contributed by atoms with Crippen molar-refractivity contribution in [2.24, 2.45) is 0 Å². The van der Waals surface area contributed by atoms with Crippen molar-refractivity contribution < 1.29 is 15.0 Å². The Morgan fingerprint density at radius 2 is 2.00 bits per heavy atom. The van der Waals surface area contributed by atoms with Crippen LogP contribution in [0.1, 0.15) is 12.5 Å². The molecule has 0 unspecified atom stereocenters. The fraction of sp³-hybridized carbons (Fsp3) is 0.111. The van der Waals surface area contributed by atoms with Crippen molar-refractivity contribution in [2.75, 3.05) is 0 Å². The van der Waals surface area contributed by atoms with Crippen molar-refractivity contribution in [3.63, 3.8) is 0 Å². The van der Waals surface area contributed by atoms with Gasteiger partial charge in [-0.1, -0.05) is 6.07 Å². The number of hydrogen-bond donors (Lipinski definition) is 1. The largest absolute Gasteiger partial charge is 0.502 e. The molecule has 16 heavy (non-hydrogen) atoms. The zero-order valence-corrected chi connectivity index (χ0v) is 8.28. The van der Waals surface area contributed by atoms with Crippen LogP contribution in [0.25, 0.3) is 6.08 Å². The van der Waals surface area contributed by atoms with E-state index >= 15 is 0 Å². The first kappa shape index (κ1) is 11.6. The summed E-state index contributed by atoms with van der Waals surface area (Å²) in [5.74, 6) is -0.471. The Morgan fingerprint density at radius 1 is 1.38 bits per heavy atom. The third kappa shape index (κ3) is 2.53. The zero-order valence-electron chi connectivity index (χ0n) is 8.28. The van der Waals surface area contributed by atoms with Crippen molar-refractivity contribution in [1.29, 1.82) is 0 Å². The van der Waals surface area contributed by atoms with E-state index in [1.807, 2.05) is 0 Å². The van der Waals surface area contributed by atoms with Crippen molar-refractivity contribution in [1.82, 2.24) is 0 Å². The van der Waals surface area contributed by atoms with Gasteiger partial charge in [-0.05, 0) is 11.6 Å². The molecule has 1 aromatic rings. The molecule has 0 aromatic heterocycles. The molecule has 0 bridgehead atoms. The number of nitrogens with zero attached hydrogens (tertiary/aromatic N) is 2. The molecule has 0 aliphatic carbocycles. The highest BCUT2D eigenvalue weighted by molar-refractivity contribution is 5.58. The minimum atomic E-state index is -0.756. The van der Waals surface area contributed by atoms with Gasteiger partial charge in [0, 0.05) is 19.1 Å². The molecule has 0 spiro atoms. The van der Waals surface area contributed by atoms with E-state index in [9.17, 15) is 20.2 Å². The number of rotatable bonds is 3. The van der Waals surface area contributed by atoms with Crippen LogP contribution in [-0.2, 0) is 0 Å². The molecule has 0 radical (unpaired) electrons. The Kier molecular flexibility index (Phi) is 3.19. The number of nitro benzene ring substituents is 1. The van der Waals surface area contributed by atoms with Gasteiger partial charge in [0.1, 0.15) is 0 Å². The molecule has 1 N–H and O–H groups in total. The maximum absolute atomic E-state index is 10.5. The van der Waals surface area contributed by atoms with Crippen LogP contribution in [0, 0.1) is 20.2 Å². The van der Waals surface area contributed by atoms with Gasteiger partial charge in [-0.15, -0.1) is 0 Å². The van der Waals surface area contributed by atoms with E-state index in [2.05, 4.69) is 0 Å². The fourth-order valence-electron chi connectivity index (χ4n) is 1.07. The van der Waals surface area contributed by atoms with Crippen LogP contribution in [-0.4, -0.2) is 15.0 Å². The summed E-state index contributed by atoms with van der Waals surface area (Å²) in [5, 5.41) is 30.0. The van der Waals surface area contributed by atoms with Crippen LogP contribution < -0.4 is 0 Å². The maximum Gasteiger partial charge on any atom is 0.311 e. The van der Waals surface area contributed by atoms with Gasteiger partial charge in [0.25, 0.3) is 0 Å². The maximum atomic E-state index is 10.5. The normalized spacial score (nSPS) is 11.2. The molecule has 1 rings (SSSR count). The molecule has 0 fully saturated rings. The van der Waals surface area contributed by atoms with Gasteiger partial charge in [0.2, 0.25) is 5.70 Å². The number of nitro groups is 2. The van der Waals surface area contributed by atoms with Crippen molar-refractivity contribution in [3.8, 4) is 5.75 Å². The van der Waals surface area contributed by atoms with E-state index in [1.165, 1.54) is 19.1 Å². The van der Waals surface area contributed by atoms with Gasteiger partial charge in [-0.2, -0.15) is 0 Å². The predicted molar refractivity (Wildman–Crippen MR) is 55.4 cm³/mol. The lowest BCUT2D eigenvalue weighted by Gasteiger charge is -1.97. The van der Waals surface area contributed by atoms with Gasteiger partial charge in [-0.25, -0.2) is 0 Å². The van der Waals surface area contributed by atoms with Crippen molar-refractivity contribution in [2.45, 2.75) is 6.92 Å². The molecule has 0 amide bonds. The first-order valence-electron chi connectivity index (χ1n) is 4.22. The number of allylic oxidation sites excluding steroid dienone is 1. The summed E-state index contributed by atoms with van der Waals surface area (Å²) in [6.07, 6.45) is 1.19. The second kappa shape index (κ2) is 4.39. The van der Waals surface area contributed by atoms with Crippen LogP contribution in [0.5, 0.6) is 5.75 Å². The lowest BCUT2D eigenvalue weighted by Crippen LogP contribution is -1.94. The lowest BCUT2D eigenvalue weighted by atomic mass is 10.1. The topological polar surface area (TPSA) is 107 Å². The summed E-state index contributed by atoms with van der Waals surface area (Å²) < 4.78 is 0. The Balaban J connectivity index is 3.18. The Morgan fingerprint density at radius 3 is 2.50 bits per heavy atom. The predicted octanol–water partition coefficient (Wildman–Crippen LogP) is 1.94. The van der Waals surface area contributed by atoms with E-state index in [-0.39, 0.29) is 5.70 Å². The molecule has 7 nitrogen and oxygen atoms in total. The third-order valence-electron chi connectivity index (χ3n) is 1.86. The highest BCUT2D eigenvalue weighted by Crippen LogP contribution is 2.27. The van der Waals surface area contributed by atoms with Crippen LogP contribution in [0.4, 0.5) is 5.69 Å². The molecule has 0 saturated heterocycles. The average Bonchev–Trinajstić information content (AvgIpc) is 2.20. The number of phenolic OH excluding ortho intramolecular Hbond substituents is 1. The highest BCUT2D eigenvalue weighted by Gasteiger charge is 2.13. The first-order chi connectivity index (χ1) is 7.41. The molecule has 7 heteroatoms. The van der Waals surface area contributed by atoms with Crippen LogP contribution >= 0.6 is 0 Å². The molecule has 0 aliphatic rings. The quantitative estimate of drug-likeness (QED) is 0.623. The minimum Gasteiger partial charge on any atom is -0.502 e. The van der Waals surface area contributed by atoms with Gasteiger partial charge >= 0.3 is 5.69 Å². The average molecular weight is 224 g/mol. The second-order valence-corrected chi connectivity index (χ2v) is 3.05. The summed E-state index contributed by atoms with van der Waals surface area (Å²) >= 11 is 0. The zero-order chi connectivity index (χ0) is 12.3.